The number of aliphatic carboxylic acids is 2. The number of carbonyl (C=O) groups is 7. The molecule has 13 N–H and O–H groups in total. The predicted molar refractivity (Wildman–Crippen MR) is 166 cm³/mol. The minimum Gasteiger partial charge on any atom is -0.481 e. The van der Waals surface area contributed by atoms with E-state index < -0.39 is 90.3 Å². The fraction of sp³-hybridized carbons (Fsp3) is 0.714. The van der Waals surface area contributed by atoms with Crippen LogP contribution in [0.4, 0.5) is 0 Å². The molecule has 0 spiro atoms. The number of rotatable bonds is 19. The lowest BCUT2D eigenvalue weighted by atomic mass is 10.0. The molecule has 0 aliphatic carbocycles. The number of amides is 5. The Kier molecular flexibility index (Phi) is 16.6. The van der Waals surface area contributed by atoms with Crippen molar-refractivity contribution in [3.05, 3.63) is 0 Å². The molecule has 7 atom stereocenters. The summed E-state index contributed by atoms with van der Waals surface area (Å²) in [7, 11) is 0. The van der Waals surface area contributed by atoms with Crippen LogP contribution in [0.5, 0.6) is 0 Å². The quantitative estimate of drug-likeness (QED) is 0.0361. The number of carboxylic acid groups (broad SMARTS) is 2. The van der Waals surface area contributed by atoms with E-state index in [1.807, 2.05) is 0 Å². The van der Waals surface area contributed by atoms with Gasteiger partial charge < -0.3 is 58.3 Å². The summed E-state index contributed by atoms with van der Waals surface area (Å²) < 4.78 is 0. The Morgan fingerprint density at radius 2 is 1.51 bits per heavy atom. The van der Waals surface area contributed by atoms with Gasteiger partial charge in [-0.15, -0.1) is 0 Å². The number of likely N-dealkylation sites (tertiary alicyclic amines) is 1. The van der Waals surface area contributed by atoms with Crippen molar-refractivity contribution >= 4 is 47.4 Å². The highest BCUT2D eigenvalue weighted by Crippen LogP contribution is 2.20. The van der Waals surface area contributed by atoms with Gasteiger partial charge in [-0.2, -0.15) is 0 Å². The zero-order chi connectivity index (χ0) is 36.0. The first-order valence-electron chi connectivity index (χ1n) is 15.3. The molecular formula is C28H49N9O10. The standard InChI is InChI=1S/C28H49N9O10/c1-13(2)11-17(34-25(44)21(15(4)38)36-22(41)14(3)29)23(42)35-18(12-20(39)40)26(45)37-10-6-8-19(37)24(43)33-16(27(46)47)7-5-9-32-28(30)31/h13-19,21,38H,5-12,29H2,1-4H3,(H,33,43)(H,34,44)(H,35,42)(H,36,41)(H,39,40)(H,46,47)(H4,30,31,32)/t14-,15+,16-,17-,18-,19-,21-/m0/s1. The van der Waals surface area contributed by atoms with Crippen LogP contribution in [0.3, 0.4) is 0 Å². The summed E-state index contributed by atoms with van der Waals surface area (Å²) in [4.78, 5) is 89.8. The first-order valence-corrected chi connectivity index (χ1v) is 15.3. The molecule has 1 heterocycles. The lowest BCUT2D eigenvalue weighted by Crippen LogP contribution is -2.61. The number of nitrogens with one attached hydrogen (secondary N) is 6. The zero-order valence-electron chi connectivity index (χ0n) is 27.1. The lowest BCUT2D eigenvalue weighted by Gasteiger charge is -2.30. The average molecular weight is 672 g/mol. The van der Waals surface area contributed by atoms with Gasteiger partial charge in [0.1, 0.15) is 30.2 Å². The number of nitrogens with zero attached hydrogens (tertiary/aromatic N) is 1. The van der Waals surface area contributed by atoms with E-state index in [0.29, 0.717) is 6.42 Å². The molecule has 0 saturated carbocycles. The van der Waals surface area contributed by atoms with Crippen LogP contribution >= 0.6 is 0 Å². The summed E-state index contributed by atoms with van der Waals surface area (Å²) >= 11 is 0. The average Bonchev–Trinajstić information content (AvgIpc) is 3.45. The van der Waals surface area contributed by atoms with Crippen LogP contribution in [0.25, 0.3) is 0 Å². The minimum atomic E-state index is -1.65. The third kappa shape index (κ3) is 13.8. The van der Waals surface area contributed by atoms with Crippen molar-refractivity contribution in [2.45, 2.75) is 109 Å². The first kappa shape index (κ1) is 40.5. The Morgan fingerprint density at radius 1 is 0.894 bits per heavy atom. The van der Waals surface area contributed by atoms with Crippen molar-refractivity contribution in [2.75, 3.05) is 13.1 Å². The second-order valence-corrected chi connectivity index (χ2v) is 11.9. The van der Waals surface area contributed by atoms with E-state index in [2.05, 4.69) is 26.6 Å². The number of aliphatic hydroxyl groups excluding tert-OH is 1. The van der Waals surface area contributed by atoms with Gasteiger partial charge in [0.2, 0.25) is 29.5 Å². The van der Waals surface area contributed by atoms with Gasteiger partial charge in [0.25, 0.3) is 0 Å². The Labute approximate surface area is 272 Å². The summed E-state index contributed by atoms with van der Waals surface area (Å²) in [5.41, 5.74) is 10.7. The van der Waals surface area contributed by atoms with Crippen LogP contribution < -0.4 is 38.1 Å². The molecule has 0 radical (unpaired) electrons. The molecule has 1 fully saturated rings. The molecule has 266 valence electrons. The lowest BCUT2D eigenvalue weighted by molar-refractivity contribution is -0.147. The van der Waals surface area contributed by atoms with E-state index >= 15 is 0 Å². The highest BCUT2D eigenvalue weighted by Gasteiger charge is 2.40. The van der Waals surface area contributed by atoms with Crippen LogP contribution in [0.1, 0.15) is 66.2 Å². The molecule has 5 amide bonds. The van der Waals surface area contributed by atoms with E-state index in [4.69, 9.17) is 16.9 Å². The van der Waals surface area contributed by atoms with Gasteiger partial charge in [-0.1, -0.05) is 13.8 Å². The maximum atomic E-state index is 13.6. The Hall–Kier alpha value is -4.52. The van der Waals surface area contributed by atoms with E-state index in [1.54, 1.807) is 13.8 Å². The van der Waals surface area contributed by atoms with Crippen LogP contribution in [0.2, 0.25) is 0 Å². The summed E-state index contributed by atoms with van der Waals surface area (Å²) in [6.07, 6.45) is -1.46. The van der Waals surface area contributed by atoms with E-state index in [9.17, 15) is 48.9 Å². The van der Waals surface area contributed by atoms with Crippen molar-refractivity contribution < 1.29 is 48.9 Å². The van der Waals surface area contributed by atoms with Gasteiger partial charge in [-0.25, -0.2) is 4.79 Å². The van der Waals surface area contributed by atoms with E-state index in [1.165, 1.54) is 13.8 Å². The topological polar surface area (TPSA) is 319 Å². The Balaban J connectivity index is 3.14. The van der Waals surface area contributed by atoms with Crippen LogP contribution in [0.15, 0.2) is 0 Å². The van der Waals surface area contributed by atoms with Crippen LogP contribution in [-0.4, -0.2) is 123 Å². The van der Waals surface area contributed by atoms with Gasteiger partial charge in [0.05, 0.1) is 18.6 Å². The van der Waals surface area contributed by atoms with Gasteiger partial charge in [0.15, 0.2) is 5.96 Å². The molecule has 19 heteroatoms. The molecule has 19 nitrogen and oxygen atoms in total. The fourth-order valence-electron chi connectivity index (χ4n) is 4.86. The largest absolute Gasteiger partial charge is 0.481 e. The monoisotopic (exact) mass is 671 g/mol. The molecule has 0 unspecified atom stereocenters. The summed E-state index contributed by atoms with van der Waals surface area (Å²) in [6.45, 7) is 6.33. The second-order valence-electron chi connectivity index (χ2n) is 11.9. The third-order valence-electron chi connectivity index (χ3n) is 7.25. The minimum absolute atomic E-state index is 0.00643. The molecule has 1 saturated heterocycles. The number of aliphatic hydroxyl groups is 1. The smallest absolute Gasteiger partial charge is 0.326 e. The fourth-order valence-corrected chi connectivity index (χ4v) is 4.86. The predicted octanol–water partition coefficient (Wildman–Crippen LogP) is -3.49. The number of carbonyl (C=O) groups excluding carboxylic acids is 5. The maximum Gasteiger partial charge on any atom is 0.326 e. The van der Waals surface area contributed by atoms with Crippen LogP contribution in [0, 0.1) is 11.3 Å². The molecule has 1 aliphatic heterocycles. The number of carboxylic acids is 2. The Morgan fingerprint density at radius 3 is 2.02 bits per heavy atom. The highest BCUT2D eigenvalue weighted by atomic mass is 16.4. The maximum absolute atomic E-state index is 13.6. The highest BCUT2D eigenvalue weighted by molar-refractivity contribution is 5.97. The molecule has 47 heavy (non-hydrogen) atoms. The van der Waals surface area contributed by atoms with E-state index in [0.717, 1.165) is 4.90 Å². The molecule has 1 aliphatic rings. The van der Waals surface area contributed by atoms with E-state index in [-0.39, 0.29) is 50.7 Å². The van der Waals surface area contributed by atoms with Gasteiger partial charge in [-0.05, 0) is 51.9 Å². The summed E-state index contributed by atoms with van der Waals surface area (Å²) in [5, 5.41) is 48.4. The van der Waals surface area contributed by atoms with Crippen molar-refractivity contribution in [1.82, 2.24) is 31.5 Å². The zero-order valence-corrected chi connectivity index (χ0v) is 27.1. The van der Waals surface area contributed by atoms with Gasteiger partial charge in [0, 0.05) is 13.1 Å². The number of hydrogen-bond donors (Lipinski definition) is 11. The number of nitrogens with two attached hydrogens (primary N) is 2. The van der Waals surface area contributed by atoms with Gasteiger partial charge in [-0.3, -0.25) is 34.2 Å². The van der Waals surface area contributed by atoms with Crippen LogP contribution in [-0.2, 0) is 33.6 Å². The second kappa shape index (κ2) is 19.2. The van der Waals surface area contributed by atoms with Gasteiger partial charge >= 0.3 is 11.9 Å². The SMILES string of the molecule is CC(C)C[C@H](NC(=O)[C@@H](NC(=O)[C@H](C)N)[C@@H](C)O)C(=O)N[C@@H](CC(=O)O)C(=O)N1CCC[C@H]1C(=O)N[C@@H](CCCNC(=N)N)C(=O)O. The van der Waals surface area contributed by atoms with Crippen molar-refractivity contribution in [2.24, 2.45) is 17.4 Å². The Bertz CT molecular complexity index is 1160. The number of hydrogen-bond acceptors (Lipinski definition) is 10. The molecule has 0 aromatic carbocycles. The first-order chi connectivity index (χ1) is 21.8. The molecule has 0 bridgehead atoms. The molecule has 0 aromatic heterocycles. The summed E-state index contributed by atoms with van der Waals surface area (Å²) in [5.74, 6) is -7.47. The van der Waals surface area contributed by atoms with Crippen molar-refractivity contribution in [3.63, 3.8) is 0 Å². The molecular weight excluding hydrogens is 622 g/mol. The number of guanidine groups is 1. The summed E-state index contributed by atoms with van der Waals surface area (Å²) in [6, 6.07) is -7.89. The molecule has 0 aromatic rings. The molecule has 1 rings (SSSR count). The normalized spacial score (nSPS) is 18.1. The van der Waals surface area contributed by atoms with Crippen molar-refractivity contribution in [1.29, 1.82) is 5.41 Å². The van der Waals surface area contributed by atoms with Crippen molar-refractivity contribution in [3.8, 4) is 0 Å². The third-order valence-corrected chi connectivity index (χ3v) is 7.25.